The fourth-order valence-electron chi connectivity index (χ4n) is 1.40. The summed E-state index contributed by atoms with van der Waals surface area (Å²) in [5, 5.41) is 2.14. The van der Waals surface area contributed by atoms with Crippen LogP contribution in [0.25, 0.3) is 0 Å². The summed E-state index contributed by atoms with van der Waals surface area (Å²) in [7, 11) is 0. The molecule has 0 aliphatic heterocycles. The Labute approximate surface area is 115 Å². The monoisotopic (exact) mass is 290 g/mol. The first-order valence-corrected chi connectivity index (χ1v) is 5.99. The first kappa shape index (κ1) is 16.3. The van der Waals surface area contributed by atoms with Crippen molar-refractivity contribution in [3.05, 3.63) is 23.4 Å². The first-order chi connectivity index (χ1) is 8.96. The molecule has 1 aromatic rings. The number of ether oxygens (including phenoxy) is 1. The fraction of sp³-hybridized carbons (Fsp3) is 0.538. The predicted octanol–water partition coefficient (Wildman–Crippen LogP) is 3.32. The third-order valence-corrected chi connectivity index (χ3v) is 2.06. The molecule has 0 atom stereocenters. The van der Waals surface area contributed by atoms with E-state index in [9.17, 15) is 18.0 Å². The molecule has 0 saturated heterocycles. The van der Waals surface area contributed by atoms with Crippen LogP contribution in [0.2, 0.25) is 0 Å². The van der Waals surface area contributed by atoms with Crippen molar-refractivity contribution >= 4 is 11.8 Å². The minimum atomic E-state index is -4.35. The van der Waals surface area contributed by atoms with Gasteiger partial charge in [-0.25, -0.2) is 9.78 Å². The zero-order valence-corrected chi connectivity index (χ0v) is 11.8. The number of anilines is 1. The molecule has 0 amide bonds. The van der Waals surface area contributed by atoms with E-state index in [0.717, 1.165) is 0 Å². The van der Waals surface area contributed by atoms with E-state index in [0.29, 0.717) is 5.69 Å². The number of carbonyl (C=O) groups is 1. The highest BCUT2D eigenvalue weighted by Crippen LogP contribution is 2.18. The van der Waals surface area contributed by atoms with Gasteiger partial charge in [0.1, 0.15) is 18.0 Å². The van der Waals surface area contributed by atoms with E-state index in [-0.39, 0.29) is 11.4 Å². The van der Waals surface area contributed by atoms with Gasteiger partial charge in [-0.2, -0.15) is 13.2 Å². The zero-order valence-electron chi connectivity index (χ0n) is 11.8. The van der Waals surface area contributed by atoms with E-state index in [1.54, 1.807) is 27.7 Å². The topological polar surface area (TPSA) is 51.2 Å². The van der Waals surface area contributed by atoms with E-state index in [2.05, 4.69) is 10.3 Å². The van der Waals surface area contributed by atoms with Gasteiger partial charge in [0.25, 0.3) is 0 Å². The third-order valence-electron chi connectivity index (χ3n) is 2.06. The number of carbonyl (C=O) groups excluding carboxylic acids is 1. The van der Waals surface area contributed by atoms with E-state index in [1.165, 1.54) is 12.1 Å². The molecule has 1 aromatic heterocycles. The van der Waals surface area contributed by atoms with E-state index < -0.39 is 24.3 Å². The second kappa shape index (κ2) is 5.68. The van der Waals surface area contributed by atoms with E-state index in [1.807, 2.05) is 0 Å². The molecule has 0 saturated carbocycles. The van der Waals surface area contributed by atoms with Gasteiger partial charge in [-0.3, -0.25) is 0 Å². The average Bonchev–Trinajstić information content (AvgIpc) is 2.22. The van der Waals surface area contributed by atoms with Crippen LogP contribution in [0.1, 0.15) is 36.8 Å². The first-order valence-electron chi connectivity index (χ1n) is 5.99. The van der Waals surface area contributed by atoms with Gasteiger partial charge in [0.15, 0.2) is 0 Å². The molecule has 0 aromatic carbocycles. The van der Waals surface area contributed by atoms with Crippen molar-refractivity contribution in [1.82, 2.24) is 4.98 Å². The van der Waals surface area contributed by atoms with Crippen LogP contribution < -0.4 is 5.32 Å². The lowest BCUT2D eigenvalue weighted by Crippen LogP contribution is -2.24. The number of esters is 1. The van der Waals surface area contributed by atoms with E-state index in [4.69, 9.17) is 4.74 Å². The Balaban J connectivity index is 2.89. The van der Waals surface area contributed by atoms with Crippen LogP contribution >= 0.6 is 0 Å². The average molecular weight is 290 g/mol. The molecule has 20 heavy (non-hydrogen) atoms. The third kappa shape index (κ3) is 5.90. The van der Waals surface area contributed by atoms with Crippen molar-refractivity contribution in [3.8, 4) is 0 Å². The van der Waals surface area contributed by atoms with Gasteiger partial charge in [0.05, 0.1) is 5.56 Å². The zero-order chi connectivity index (χ0) is 15.6. The quantitative estimate of drug-likeness (QED) is 0.868. The highest BCUT2D eigenvalue weighted by molar-refractivity contribution is 5.90. The summed E-state index contributed by atoms with van der Waals surface area (Å²) in [6.45, 7) is 5.51. The van der Waals surface area contributed by atoms with Crippen molar-refractivity contribution < 1.29 is 22.7 Å². The molecule has 0 radical (unpaired) electrons. The molecule has 0 bridgehead atoms. The van der Waals surface area contributed by atoms with Crippen molar-refractivity contribution in [2.75, 3.05) is 11.9 Å². The summed E-state index contributed by atoms with van der Waals surface area (Å²) in [4.78, 5) is 15.8. The molecular weight excluding hydrogens is 273 g/mol. The molecule has 1 N–H and O–H groups in total. The molecular formula is C13H17F3N2O2. The second-order valence-electron chi connectivity index (χ2n) is 5.35. The fourth-order valence-corrected chi connectivity index (χ4v) is 1.40. The van der Waals surface area contributed by atoms with Gasteiger partial charge in [-0.15, -0.1) is 0 Å². The Morgan fingerprint density at radius 2 is 1.90 bits per heavy atom. The molecule has 112 valence electrons. The SMILES string of the molecule is Cc1cc(C(=O)OC(C)(C)C)cc(NCC(F)(F)F)n1. The van der Waals surface area contributed by atoms with Gasteiger partial charge >= 0.3 is 12.1 Å². The van der Waals surface area contributed by atoms with Crippen molar-refractivity contribution in [3.63, 3.8) is 0 Å². The summed E-state index contributed by atoms with van der Waals surface area (Å²) in [6.07, 6.45) is -4.35. The Morgan fingerprint density at radius 3 is 2.40 bits per heavy atom. The number of hydrogen-bond acceptors (Lipinski definition) is 4. The molecule has 1 rings (SSSR count). The molecule has 0 unspecified atom stereocenters. The number of pyridine rings is 1. The summed E-state index contributed by atoms with van der Waals surface area (Å²) >= 11 is 0. The van der Waals surface area contributed by atoms with Crippen LogP contribution in [-0.2, 0) is 4.74 Å². The van der Waals surface area contributed by atoms with Crippen LogP contribution in [0.5, 0.6) is 0 Å². The Morgan fingerprint density at radius 1 is 1.30 bits per heavy atom. The molecule has 0 aliphatic carbocycles. The highest BCUT2D eigenvalue weighted by Gasteiger charge is 2.27. The van der Waals surface area contributed by atoms with Crippen molar-refractivity contribution in [1.29, 1.82) is 0 Å². The smallest absolute Gasteiger partial charge is 0.405 e. The largest absolute Gasteiger partial charge is 0.456 e. The standard InChI is InChI=1S/C13H17F3N2O2/c1-8-5-9(11(19)20-12(2,3)4)6-10(18-8)17-7-13(14,15)16/h5-6H,7H2,1-4H3,(H,17,18). The van der Waals surface area contributed by atoms with Gasteiger partial charge < -0.3 is 10.1 Å². The number of halogens is 3. The van der Waals surface area contributed by atoms with Gasteiger partial charge in [-0.05, 0) is 39.8 Å². The number of aromatic nitrogens is 1. The molecule has 4 nitrogen and oxygen atoms in total. The van der Waals surface area contributed by atoms with Crippen LogP contribution in [0.3, 0.4) is 0 Å². The predicted molar refractivity (Wildman–Crippen MR) is 68.7 cm³/mol. The molecule has 0 fully saturated rings. The lowest BCUT2D eigenvalue weighted by Gasteiger charge is -2.20. The lowest BCUT2D eigenvalue weighted by molar-refractivity contribution is -0.115. The second-order valence-corrected chi connectivity index (χ2v) is 5.35. The Bertz CT molecular complexity index is 493. The Hall–Kier alpha value is -1.79. The number of alkyl halides is 3. The molecule has 7 heteroatoms. The van der Waals surface area contributed by atoms with Crippen molar-refractivity contribution in [2.45, 2.75) is 39.5 Å². The van der Waals surface area contributed by atoms with Gasteiger partial charge in [0.2, 0.25) is 0 Å². The minimum Gasteiger partial charge on any atom is -0.456 e. The number of hydrogen-bond donors (Lipinski definition) is 1. The molecule has 1 heterocycles. The van der Waals surface area contributed by atoms with Crippen LogP contribution in [0, 0.1) is 6.92 Å². The van der Waals surface area contributed by atoms with Crippen LogP contribution in [0.4, 0.5) is 19.0 Å². The Kier molecular flexibility index (Phi) is 4.62. The number of nitrogens with zero attached hydrogens (tertiary/aromatic N) is 1. The maximum atomic E-state index is 12.1. The number of nitrogens with one attached hydrogen (secondary N) is 1. The number of rotatable bonds is 3. The number of aryl methyl sites for hydroxylation is 1. The lowest BCUT2D eigenvalue weighted by atomic mass is 10.1. The van der Waals surface area contributed by atoms with Crippen LogP contribution in [-0.4, -0.2) is 29.3 Å². The maximum Gasteiger partial charge on any atom is 0.405 e. The summed E-state index contributed by atoms with van der Waals surface area (Å²) in [5.74, 6) is -0.610. The summed E-state index contributed by atoms with van der Waals surface area (Å²) in [5.41, 5.74) is -0.0801. The molecule has 0 aliphatic rings. The highest BCUT2D eigenvalue weighted by atomic mass is 19.4. The van der Waals surface area contributed by atoms with Crippen LogP contribution in [0.15, 0.2) is 12.1 Å². The summed E-state index contributed by atoms with van der Waals surface area (Å²) in [6, 6.07) is 2.71. The minimum absolute atomic E-state index is 0.0109. The summed E-state index contributed by atoms with van der Waals surface area (Å²) < 4.78 is 41.6. The van der Waals surface area contributed by atoms with Gasteiger partial charge in [-0.1, -0.05) is 0 Å². The van der Waals surface area contributed by atoms with E-state index >= 15 is 0 Å². The molecule has 0 spiro atoms. The normalized spacial score (nSPS) is 12.2. The van der Waals surface area contributed by atoms with Crippen molar-refractivity contribution in [2.24, 2.45) is 0 Å². The van der Waals surface area contributed by atoms with Gasteiger partial charge in [0, 0.05) is 5.69 Å². The maximum absolute atomic E-state index is 12.1.